The number of hydrogen-bond donors (Lipinski definition) is 0. The summed E-state index contributed by atoms with van der Waals surface area (Å²) in [7, 11) is 1.85. The molecule has 0 radical (unpaired) electrons. The molecule has 8 heteroatoms. The van der Waals surface area contributed by atoms with E-state index in [2.05, 4.69) is 26.7 Å². The first-order valence-electron chi connectivity index (χ1n) is 8.40. The summed E-state index contributed by atoms with van der Waals surface area (Å²) in [6, 6.07) is 2.06. The highest BCUT2D eigenvalue weighted by molar-refractivity contribution is 7.08. The molecular weight excluding hydrogens is 336 g/mol. The number of aryl methyl sites for hydroxylation is 1. The molecule has 25 heavy (non-hydrogen) atoms. The zero-order chi connectivity index (χ0) is 17.2. The lowest BCUT2D eigenvalue weighted by atomic mass is 9.97. The third-order valence-electron chi connectivity index (χ3n) is 4.72. The van der Waals surface area contributed by atoms with E-state index in [4.69, 9.17) is 0 Å². The van der Waals surface area contributed by atoms with Crippen molar-refractivity contribution in [2.24, 2.45) is 13.0 Å². The molecule has 0 aromatic carbocycles. The maximum Gasteiger partial charge on any atom is 0.289 e. The van der Waals surface area contributed by atoms with Gasteiger partial charge in [0.25, 0.3) is 5.91 Å². The molecule has 130 valence electrons. The van der Waals surface area contributed by atoms with E-state index in [1.54, 1.807) is 28.3 Å². The number of likely N-dealkylation sites (tertiary alicyclic amines) is 1. The summed E-state index contributed by atoms with van der Waals surface area (Å²) in [5.74, 6) is 1.05. The SMILES string of the molecule is Cn1ccnc1C(=O)N1CCC(Cn2cc(-c3ccsc3)nn2)CC1. The Bertz CT molecular complexity index is 844. The van der Waals surface area contributed by atoms with Crippen LogP contribution in [0.1, 0.15) is 23.5 Å². The number of carbonyl (C=O) groups excluding carboxylic acids is 1. The molecule has 3 aromatic heterocycles. The zero-order valence-corrected chi connectivity index (χ0v) is 14.9. The number of aromatic nitrogens is 5. The highest BCUT2D eigenvalue weighted by Crippen LogP contribution is 2.22. The largest absolute Gasteiger partial charge is 0.336 e. The molecular formula is C17H20N6OS. The molecule has 0 bridgehead atoms. The molecule has 0 aliphatic carbocycles. The van der Waals surface area contributed by atoms with Gasteiger partial charge < -0.3 is 9.47 Å². The standard InChI is InChI=1S/C17H20N6OS/c1-21-8-5-18-16(21)17(24)22-6-2-13(3-7-22)10-23-11-15(19-20-23)14-4-9-25-12-14/h4-5,8-9,11-13H,2-3,6-7,10H2,1H3. The molecule has 0 spiro atoms. The van der Waals surface area contributed by atoms with Gasteiger partial charge in [-0.3, -0.25) is 9.48 Å². The molecule has 1 amide bonds. The van der Waals surface area contributed by atoms with E-state index in [0.29, 0.717) is 11.7 Å². The van der Waals surface area contributed by atoms with Gasteiger partial charge >= 0.3 is 0 Å². The number of amides is 1. The summed E-state index contributed by atoms with van der Waals surface area (Å²) < 4.78 is 3.70. The van der Waals surface area contributed by atoms with Crippen molar-refractivity contribution in [3.8, 4) is 11.3 Å². The summed E-state index contributed by atoms with van der Waals surface area (Å²) >= 11 is 1.66. The van der Waals surface area contributed by atoms with Gasteiger partial charge in [0.1, 0.15) is 5.69 Å². The minimum atomic E-state index is 0.0199. The smallest absolute Gasteiger partial charge is 0.289 e. The number of nitrogens with zero attached hydrogens (tertiary/aromatic N) is 6. The molecule has 7 nitrogen and oxygen atoms in total. The highest BCUT2D eigenvalue weighted by atomic mass is 32.1. The molecule has 0 unspecified atom stereocenters. The number of carbonyl (C=O) groups is 1. The van der Waals surface area contributed by atoms with Gasteiger partial charge in [0, 0.05) is 50.0 Å². The zero-order valence-electron chi connectivity index (χ0n) is 14.1. The molecule has 1 saturated heterocycles. The van der Waals surface area contributed by atoms with Gasteiger partial charge in [0.05, 0.1) is 6.20 Å². The Morgan fingerprint density at radius 2 is 2.20 bits per heavy atom. The second-order valence-corrected chi connectivity index (χ2v) is 7.22. The summed E-state index contributed by atoms with van der Waals surface area (Å²) in [4.78, 5) is 18.6. The molecule has 0 N–H and O–H groups in total. The van der Waals surface area contributed by atoms with Crippen LogP contribution in [0.2, 0.25) is 0 Å². The van der Waals surface area contributed by atoms with Gasteiger partial charge in [0.15, 0.2) is 5.82 Å². The summed E-state index contributed by atoms with van der Waals surface area (Å²) in [6.45, 7) is 2.38. The van der Waals surface area contributed by atoms with E-state index >= 15 is 0 Å². The van der Waals surface area contributed by atoms with Crippen LogP contribution < -0.4 is 0 Å². The molecule has 1 aliphatic heterocycles. The Balaban J connectivity index is 1.33. The molecule has 4 rings (SSSR count). The Kier molecular flexibility index (Phi) is 4.35. The fourth-order valence-electron chi connectivity index (χ4n) is 3.23. The van der Waals surface area contributed by atoms with Crippen LogP contribution in [-0.2, 0) is 13.6 Å². The minimum absolute atomic E-state index is 0.0199. The average molecular weight is 356 g/mol. The summed E-state index contributed by atoms with van der Waals surface area (Å²) in [5, 5.41) is 12.6. The fourth-order valence-corrected chi connectivity index (χ4v) is 3.88. The molecule has 1 fully saturated rings. The highest BCUT2D eigenvalue weighted by Gasteiger charge is 2.26. The number of rotatable bonds is 4. The van der Waals surface area contributed by atoms with Crippen LogP contribution >= 0.6 is 11.3 Å². The van der Waals surface area contributed by atoms with Crippen LogP contribution in [0.3, 0.4) is 0 Å². The summed E-state index contributed by atoms with van der Waals surface area (Å²) in [5.41, 5.74) is 2.04. The second-order valence-electron chi connectivity index (χ2n) is 6.44. The quantitative estimate of drug-likeness (QED) is 0.719. The molecule has 1 aliphatic rings. The van der Waals surface area contributed by atoms with Gasteiger partial charge in [-0.15, -0.1) is 5.10 Å². The average Bonchev–Trinajstić information content (AvgIpc) is 3.36. The van der Waals surface area contributed by atoms with Crippen molar-refractivity contribution in [3.63, 3.8) is 0 Å². The number of imidazole rings is 1. The van der Waals surface area contributed by atoms with Crippen molar-refractivity contribution in [2.75, 3.05) is 13.1 Å². The van der Waals surface area contributed by atoms with E-state index in [1.165, 1.54) is 0 Å². The van der Waals surface area contributed by atoms with E-state index < -0.39 is 0 Å². The van der Waals surface area contributed by atoms with Gasteiger partial charge in [-0.05, 0) is 30.2 Å². The van der Waals surface area contributed by atoms with Crippen molar-refractivity contribution in [2.45, 2.75) is 19.4 Å². The van der Waals surface area contributed by atoms with Crippen LogP contribution in [0.25, 0.3) is 11.3 Å². The third-order valence-corrected chi connectivity index (χ3v) is 5.40. The van der Waals surface area contributed by atoms with Crippen LogP contribution in [-0.4, -0.2) is 48.4 Å². The van der Waals surface area contributed by atoms with Crippen LogP contribution in [0.5, 0.6) is 0 Å². The van der Waals surface area contributed by atoms with E-state index in [0.717, 1.165) is 43.7 Å². The second kappa shape index (κ2) is 6.79. The van der Waals surface area contributed by atoms with Crippen molar-refractivity contribution in [1.29, 1.82) is 0 Å². The van der Waals surface area contributed by atoms with Crippen LogP contribution in [0.4, 0.5) is 0 Å². The predicted molar refractivity (Wildman–Crippen MR) is 95.2 cm³/mol. The Hall–Kier alpha value is -2.48. The van der Waals surface area contributed by atoms with Gasteiger partial charge in [-0.25, -0.2) is 4.98 Å². The lowest BCUT2D eigenvalue weighted by Gasteiger charge is -2.31. The normalized spacial score (nSPS) is 15.6. The van der Waals surface area contributed by atoms with Crippen molar-refractivity contribution < 1.29 is 4.79 Å². The first-order valence-corrected chi connectivity index (χ1v) is 9.34. The first kappa shape index (κ1) is 16.0. The maximum absolute atomic E-state index is 12.5. The molecule has 3 aromatic rings. The first-order chi connectivity index (χ1) is 12.2. The van der Waals surface area contributed by atoms with Crippen LogP contribution in [0, 0.1) is 5.92 Å². The fraction of sp³-hybridized carbons (Fsp3) is 0.412. The van der Waals surface area contributed by atoms with E-state index in [1.807, 2.05) is 28.2 Å². The summed E-state index contributed by atoms with van der Waals surface area (Å²) in [6.07, 6.45) is 7.42. The van der Waals surface area contributed by atoms with Crippen molar-refractivity contribution >= 4 is 17.2 Å². The number of piperidine rings is 1. The molecule has 4 heterocycles. The monoisotopic (exact) mass is 356 g/mol. The Morgan fingerprint density at radius 3 is 2.88 bits per heavy atom. The Labute approximate surface area is 149 Å². The molecule has 0 atom stereocenters. The maximum atomic E-state index is 12.5. The van der Waals surface area contributed by atoms with E-state index in [9.17, 15) is 4.79 Å². The van der Waals surface area contributed by atoms with Crippen molar-refractivity contribution in [1.82, 2.24) is 29.4 Å². The van der Waals surface area contributed by atoms with E-state index in [-0.39, 0.29) is 5.91 Å². The lowest BCUT2D eigenvalue weighted by Crippen LogP contribution is -2.40. The third kappa shape index (κ3) is 3.34. The lowest BCUT2D eigenvalue weighted by molar-refractivity contribution is 0.0665. The number of hydrogen-bond acceptors (Lipinski definition) is 5. The van der Waals surface area contributed by atoms with Crippen molar-refractivity contribution in [3.05, 3.63) is 41.2 Å². The van der Waals surface area contributed by atoms with Gasteiger partial charge in [0.2, 0.25) is 0 Å². The predicted octanol–water partition coefficient (Wildman–Crippen LogP) is 2.29. The topological polar surface area (TPSA) is 68.8 Å². The minimum Gasteiger partial charge on any atom is -0.336 e. The van der Waals surface area contributed by atoms with Gasteiger partial charge in [-0.1, -0.05) is 5.21 Å². The molecule has 0 saturated carbocycles. The van der Waals surface area contributed by atoms with Crippen LogP contribution in [0.15, 0.2) is 35.4 Å². The number of thiophene rings is 1. The Morgan fingerprint density at radius 1 is 1.36 bits per heavy atom. The van der Waals surface area contributed by atoms with Gasteiger partial charge in [-0.2, -0.15) is 11.3 Å².